The molecular weight excluding hydrogens is 216 g/mol. The van der Waals surface area contributed by atoms with Crippen molar-refractivity contribution in [3.63, 3.8) is 0 Å². The smallest absolute Gasteiger partial charge is 0.253 e. The highest BCUT2D eigenvalue weighted by atomic mass is 35.5. The molecule has 1 amide bonds. The van der Waals surface area contributed by atoms with E-state index in [1.54, 1.807) is 0 Å². The van der Waals surface area contributed by atoms with Crippen molar-refractivity contribution in [1.82, 2.24) is 10.2 Å². The van der Waals surface area contributed by atoms with Gasteiger partial charge in [0.05, 0.1) is 6.61 Å². The third-order valence-corrected chi connectivity index (χ3v) is 3.15. The fourth-order valence-electron chi connectivity index (χ4n) is 1.98. The highest BCUT2D eigenvalue weighted by Gasteiger charge is 2.42. The van der Waals surface area contributed by atoms with Gasteiger partial charge in [-0.3, -0.25) is 4.79 Å². The quantitative estimate of drug-likeness (QED) is 0.715. The Balaban J connectivity index is 0.00000112. The zero-order valence-electron chi connectivity index (χ0n) is 9.28. The van der Waals surface area contributed by atoms with Gasteiger partial charge >= 0.3 is 0 Å². The maximum atomic E-state index is 12.0. The molecule has 5 heteroatoms. The number of morpholine rings is 1. The molecule has 1 atom stereocenters. The highest BCUT2D eigenvalue weighted by molar-refractivity contribution is 5.85. The van der Waals surface area contributed by atoms with Crippen LogP contribution in [0.3, 0.4) is 0 Å². The van der Waals surface area contributed by atoms with Gasteiger partial charge in [-0.25, -0.2) is 0 Å². The van der Waals surface area contributed by atoms with Crippen LogP contribution in [0.2, 0.25) is 0 Å². The van der Waals surface area contributed by atoms with Crippen LogP contribution in [0.25, 0.3) is 0 Å². The van der Waals surface area contributed by atoms with Crippen LogP contribution < -0.4 is 5.32 Å². The van der Waals surface area contributed by atoms with Crippen molar-refractivity contribution in [1.29, 1.82) is 0 Å². The Morgan fingerprint density at radius 1 is 1.53 bits per heavy atom. The first-order chi connectivity index (χ1) is 6.61. The molecule has 2 aliphatic heterocycles. The SMILES string of the molecule is CC1(C)CCN1C(=O)[C@H]1CNCCO1.Cl. The predicted molar refractivity (Wildman–Crippen MR) is 60.3 cm³/mol. The van der Waals surface area contributed by atoms with Crippen LogP contribution in [0.5, 0.6) is 0 Å². The van der Waals surface area contributed by atoms with E-state index >= 15 is 0 Å². The molecule has 0 aromatic rings. The molecule has 88 valence electrons. The van der Waals surface area contributed by atoms with E-state index in [-0.39, 0.29) is 30.0 Å². The van der Waals surface area contributed by atoms with Crippen molar-refractivity contribution in [2.45, 2.75) is 31.9 Å². The number of carbonyl (C=O) groups is 1. The average molecular weight is 235 g/mol. The van der Waals surface area contributed by atoms with Gasteiger partial charge in [-0.05, 0) is 20.3 Å². The summed E-state index contributed by atoms with van der Waals surface area (Å²) in [5.74, 6) is 0.147. The van der Waals surface area contributed by atoms with Crippen molar-refractivity contribution >= 4 is 18.3 Å². The minimum Gasteiger partial charge on any atom is -0.366 e. The molecule has 0 saturated carbocycles. The topological polar surface area (TPSA) is 41.6 Å². The second-order valence-electron chi connectivity index (χ2n) is 4.62. The number of likely N-dealkylation sites (tertiary alicyclic amines) is 1. The number of carbonyl (C=O) groups excluding carboxylic acids is 1. The van der Waals surface area contributed by atoms with E-state index in [1.165, 1.54) is 0 Å². The lowest BCUT2D eigenvalue weighted by Gasteiger charge is -2.49. The van der Waals surface area contributed by atoms with Gasteiger partial charge in [0.1, 0.15) is 6.10 Å². The summed E-state index contributed by atoms with van der Waals surface area (Å²) in [6, 6.07) is 0. The van der Waals surface area contributed by atoms with Crippen molar-refractivity contribution in [2.24, 2.45) is 0 Å². The Kier molecular flexibility index (Phi) is 3.98. The van der Waals surface area contributed by atoms with Crippen LogP contribution in [-0.4, -0.2) is 48.7 Å². The van der Waals surface area contributed by atoms with Gasteiger partial charge in [-0.1, -0.05) is 0 Å². The first kappa shape index (κ1) is 12.7. The molecule has 15 heavy (non-hydrogen) atoms. The molecule has 2 aliphatic rings. The summed E-state index contributed by atoms with van der Waals surface area (Å²) in [4.78, 5) is 13.9. The molecule has 0 unspecified atom stereocenters. The summed E-state index contributed by atoms with van der Waals surface area (Å²) in [7, 11) is 0. The van der Waals surface area contributed by atoms with Crippen LogP contribution in [0.1, 0.15) is 20.3 Å². The summed E-state index contributed by atoms with van der Waals surface area (Å²) in [5, 5.41) is 3.17. The zero-order valence-corrected chi connectivity index (χ0v) is 10.1. The molecule has 1 N–H and O–H groups in total. The van der Waals surface area contributed by atoms with Crippen LogP contribution in [0.4, 0.5) is 0 Å². The van der Waals surface area contributed by atoms with Gasteiger partial charge in [0.25, 0.3) is 5.91 Å². The predicted octanol–water partition coefficient (Wildman–Crippen LogP) is 0.407. The molecule has 0 radical (unpaired) electrons. The minimum absolute atomic E-state index is 0. The minimum atomic E-state index is -0.261. The highest BCUT2D eigenvalue weighted by Crippen LogP contribution is 2.30. The van der Waals surface area contributed by atoms with Crippen LogP contribution >= 0.6 is 12.4 Å². The molecule has 2 heterocycles. The molecule has 2 saturated heterocycles. The van der Waals surface area contributed by atoms with Gasteiger partial charge in [-0.2, -0.15) is 0 Å². The summed E-state index contributed by atoms with van der Waals surface area (Å²) in [6.07, 6.45) is 0.835. The second kappa shape index (κ2) is 4.68. The summed E-state index contributed by atoms with van der Waals surface area (Å²) in [6.45, 7) is 7.24. The first-order valence-corrected chi connectivity index (χ1v) is 5.25. The van der Waals surface area contributed by atoms with Crippen molar-refractivity contribution < 1.29 is 9.53 Å². The first-order valence-electron chi connectivity index (χ1n) is 5.25. The van der Waals surface area contributed by atoms with Crippen molar-refractivity contribution in [3.05, 3.63) is 0 Å². The second-order valence-corrected chi connectivity index (χ2v) is 4.62. The Morgan fingerprint density at radius 2 is 2.27 bits per heavy atom. The third kappa shape index (κ3) is 2.44. The molecule has 2 rings (SSSR count). The number of rotatable bonds is 1. The number of halogens is 1. The Labute approximate surface area is 96.7 Å². The number of hydrogen-bond acceptors (Lipinski definition) is 3. The molecule has 2 fully saturated rings. The van der Waals surface area contributed by atoms with Crippen LogP contribution in [-0.2, 0) is 9.53 Å². The van der Waals surface area contributed by atoms with E-state index in [2.05, 4.69) is 19.2 Å². The van der Waals surface area contributed by atoms with Gasteiger partial charge in [0, 0.05) is 25.2 Å². The van der Waals surface area contributed by atoms with E-state index in [1.807, 2.05) is 4.90 Å². The zero-order chi connectivity index (χ0) is 10.2. The normalized spacial score (nSPS) is 28.9. The molecule has 0 aromatic heterocycles. The largest absolute Gasteiger partial charge is 0.366 e. The van der Waals surface area contributed by atoms with Gasteiger partial charge in [0.15, 0.2) is 0 Å². The third-order valence-electron chi connectivity index (χ3n) is 3.15. The van der Waals surface area contributed by atoms with Gasteiger partial charge in [0.2, 0.25) is 0 Å². The Hall–Kier alpha value is -0.320. The Morgan fingerprint density at radius 3 is 2.67 bits per heavy atom. The Bertz CT molecular complexity index is 240. The number of amides is 1. The van der Waals surface area contributed by atoms with Crippen LogP contribution in [0, 0.1) is 0 Å². The van der Waals surface area contributed by atoms with E-state index in [0.29, 0.717) is 13.2 Å². The monoisotopic (exact) mass is 234 g/mol. The van der Waals surface area contributed by atoms with Crippen molar-refractivity contribution in [3.8, 4) is 0 Å². The molecule has 0 spiro atoms. The number of ether oxygens (including phenoxy) is 1. The maximum absolute atomic E-state index is 12.0. The molecule has 0 aromatic carbocycles. The van der Waals surface area contributed by atoms with E-state index < -0.39 is 0 Å². The van der Waals surface area contributed by atoms with Crippen molar-refractivity contribution in [2.75, 3.05) is 26.2 Å². The van der Waals surface area contributed by atoms with Gasteiger partial charge < -0.3 is 15.0 Å². The lowest BCUT2D eigenvalue weighted by molar-refractivity contribution is -0.158. The van der Waals surface area contributed by atoms with E-state index in [4.69, 9.17) is 4.74 Å². The molecular formula is C10H19ClN2O2. The number of nitrogens with zero attached hydrogens (tertiary/aromatic N) is 1. The molecule has 4 nitrogen and oxygen atoms in total. The van der Waals surface area contributed by atoms with E-state index in [9.17, 15) is 4.79 Å². The van der Waals surface area contributed by atoms with Gasteiger partial charge in [-0.15, -0.1) is 12.4 Å². The average Bonchev–Trinajstić information content (AvgIpc) is 2.18. The summed E-state index contributed by atoms with van der Waals surface area (Å²) in [5.41, 5.74) is 0.0396. The standard InChI is InChI=1S/C10H18N2O2.ClH/c1-10(2)3-5-12(10)9(13)8-7-11-4-6-14-8;/h8,11H,3-7H2,1-2H3;1H/t8-;/m1./s1. The van der Waals surface area contributed by atoms with Crippen LogP contribution in [0.15, 0.2) is 0 Å². The number of nitrogens with one attached hydrogen (secondary N) is 1. The summed E-state index contributed by atoms with van der Waals surface area (Å²) < 4.78 is 5.44. The molecule has 0 bridgehead atoms. The fraction of sp³-hybridized carbons (Fsp3) is 0.900. The molecule has 0 aliphatic carbocycles. The lowest BCUT2D eigenvalue weighted by Crippen LogP contribution is -2.63. The lowest BCUT2D eigenvalue weighted by atomic mass is 9.88. The maximum Gasteiger partial charge on any atom is 0.253 e. The van der Waals surface area contributed by atoms with E-state index in [0.717, 1.165) is 19.5 Å². The summed E-state index contributed by atoms with van der Waals surface area (Å²) >= 11 is 0. The number of hydrogen-bond donors (Lipinski definition) is 1. The fourth-order valence-corrected chi connectivity index (χ4v) is 1.98.